The van der Waals surface area contributed by atoms with Gasteiger partial charge in [-0.2, -0.15) is 0 Å². The summed E-state index contributed by atoms with van der Waals surface area (Å²) in [6, 6.07) is 8.40. The molecule has 0 atom stereocenters. The molecule has 1 aromatic heterocycles. The Hall–Kier alpha value is -1.72. The summed E-state index contributed by atoms with van der Waals surface area (Å²) >= 11 is 1.51. The van der Waals surface area contributed by atoms with Gasteiger partial charge in [0.25, 0.3) is 5.91 Å². The van der Waals surface area contributed by atoms with Crippen molar-refractivity contribution in [1.82, 2.24) is 9.88 Å². The number of hydrogen-bond acceptors (Lipinski definition) is 4. The molecule has 2 rings (SSSR count). The second-order valence-corrected chi connectivity index (χ2v) is 6.75. The summed E-state index contributed by atoms with van der Waals surface area (Å²) in [5.74, 6) is 0.473. The van der Waals surface area contributed by atoms with E-state index in [0.29, 0.717) is 24.8 Å². The number of ether oxygens (including phenoxy) is 1. The lowest BCUT2D eigenvalue weighted by Crippen LogP contribution is -2.28. The molecule has 0 spiro atoms. The minimum absolute atomic E-state index is 0.0394. The predicted molar refractivity (Wildman–Crippen MR) is 95.1 cm³/mol. The smallest absolute Gasteiger partial charge is 0.273 e. The van der Waals surface area contributed by atoms with Gasteiger partial charge in [-0.05, 0) is 17.9 Å². The van der Waals surface area contributed by atoms with Gasteiger partial charge in [0.05, 0.1) is 0 Å². The average molecular weight is 332 g/mol. The summed E-state index contributed by atoms with van der Waals surface area (Å²) in [5.41, 5.74) is 2.87. The molecule has 0 saturated heterocycles. The van der Waals surface area contributed by atoms with E-state index in [1.54, 1.807) is 19.1 Å². The third-order valence-corrected chi connectivity index (χ3v) is 4.63. The second kappa shape index (κ2) is 8.22. The van der Waals surface area contributed by atoms with Crippen molar-refractivity contribution in [2.24, 2.45) is 0 Å². The maximum atomic E-state index is 12.4. The maximum Gasteiger partial charge on any atom is 0.273 e. The maximum absolute atomic E-state index is 12.4. The average Bonchev–Trinajstić information content (AvgIpc) is 3.04. The van der Waals surface area contributed by atoms with E-state index in [1.807, 2.05) is 5.38 Å². The van der Waals surface area contributed by atoms with Gasteiger partial charge in [-0.1, -0.05) is 38.1 Å². The molecule has 2 aromatic rings. The highest BCUT2D eigenvalue weighted by Gasteiger charge is 2.16. The number of carbonyl (C=O) groups excluding carboxylic acids is 1. The Labute approximate surface area is 142 Å². The molecule has 124 valence electrons. The first-order valence-electron chi connectivity index (χ1n) is 7.83. The monoisotopic (exact) mass is 332 g/mol. The van der Waals surface area contributed by atoms with Crippen LogP contribution in [0.1, 0.15) is 42.2 Å². The molecule has 0 aliphatic carbocycles. The highest BCUT2D eigenvalue weighted by atomic mass is 32.1. The molecule has 23 heavy (non-hydrogen) atoms. The molecule has 0 radical (unpaired) electrons. The molecule has 0 unspecified atom stereocenters. The normalized spacial score (nSPS) is 11.0. The topological polar surface area (TPSA) is 42.4 Å². The van der Waals surface area contributed by atoms with E-state index in [1.165, 1.54) is 16.9 Å². The number of methoxy groups -OCH3 is 1. The van der Waals surface area contributed by atoms with Crippen molar-refractivity contribution in [3.05, 3.63) is 40.9 Å². The van der Waals surface area contributed by atoms with Gasteiger partial charge in [-0.25, -0.2) is 4.98 Å². The van der Waals surface area contributed by atoms with Gasteiger partial charge >= 0.3 is 0 Å². The molecule has 1 aromatic carbocycles. The Morgan fingerprint density at radius 3 is 2.61 bits per heavy atom. The quantitative estimate of drug-likeness (QED) is 0.719. The van der Waals surface area contributed by atoms with Crippen molar-refractivity contribution >= 4 is 17.2 Å². The molecule has 0 fully saturated rings. The van der Waals surface area contributed by atoms with Crippen molar-refractivity contribution in [1.29, 1.82) is 0 Å². The van der Waals surface area contributed by atoms with Crippen LogP contribution in [0.3, 0.4) is 0 Å². The van der Waals surface area contributed by atoms with Gasteiger partial charge in [-0.3, -0.25) is 4.79 Å². The molecule has 4 nitrogen and oxygen atoms in total. The molecule has 0 bridgehead atoms. The number of hydrogen-bond donors (Lipinski definition) is 0. The van der Waals surface area contributed by atoms with Gasteiger partial charge in [0.2, 0.25) is 0 Å². The fourth-order valence-corrected chi connectivity index (χ4v) is 3.06. The fraction of sp³-hybridized carbons (Fsp3) is 0.444. The summed E-state index contributed by atoms with van der Waals surface area (Å²) < 4.78 is 5.01. The number of carbonyl (C=O) groups is 1. The number of rotatable bonds is 7. The Bertz CT molecular complexity index is 635. The van der Waals surface area contributed by atoms with Crippen molar-refractivity contribution in [2.75, 3.05) is 27.3 Å². The third kappa shape index (κ3) is 4.62. The summed E-state index contributed by atoms with van der Waals surface area (Å²) in [5, 5.41) is 2.72. The van der Waals surface area contributed by atoms with Crippen molar-refractivity contribution < 1.29 is 9.53 Å². The number of thiazole rings is 1. The zero-order valence-corrected chi connectivity index (χ0v) is 15.0. The van der Waals surface area contributed by atoms with E-state index < -0.39 is 0 Å². The van der Waals surface area contributed by atoms with E-state index in [4.69, 9.17) is 4.74 Å². The van der Waals surface area contributed by atoms with E-state index in [-0.39, 0.29) is 5.91 Å². The summed E-state index contributed by atoms with van der Waals surface area (Å²) in [6.45, 7) is 5.67. The first kappa shape index (κ1) is 17.6. The zero-order valence-electron chi connectivity index (χ0n) is 14.2. The van der Waals surface area contributed by atoms with Crippen molar-refractivity contribution in [2.45, 2.75) is 26.2 Å². The van der Waals surface area contributed by atoms with Gasteiger partial charge in [0, 0.05) is 38.3 Å². The van der Waals surface area contributed by atoms with Crippen LogP contribution in [0.4, 0.5) is 0 Å². The molecule has 0 aliphatic heterocycles. The highest BCUT2D eigenvalue weighted by molar-refractivity contribution is 7.13. The Kier molecular flexibility index (Phi) is 6.30. The summed E-state index contributed by atoms with van der Waals surface area (Å²) in [4.78, 5) is 18.6. The number of benzene rings is 1. The Morgan fingerprint density at radius 2 is 2.00 bits per heavy atom. The standard InChI is InChI=1S/C18H24N2O2S/c1-13(2)14-6-8-15(9-7-14)17-19-16(12-23-17)18(21)20(3)10-5-11-22-4/h6-9,12-13H,5,10-11H2,1-4H3. The number of nitrogens with zero attached hydrogens (tertiary/aromatic N) is 2. The minimum atomic E-state index is -0.0394. The fourth-order valence-electron chi connectivity index (χ4n) is 2.26. The van der Waals surface area contributed by atoms with Crippen LogP contribution in [0.15, 0.2) is 29.6 Å². The Balaban J connectivity index is 2.06. The second-order valence-electron chi connectivity index (χ2n) is 5.89. The van der Waals surface area contributed by atoms with Crippen LogP contribution in [-0.4, -0.2) is 43.1 Å². The largest absolute Gasteiger partial charge is 0.385 e. The lowest BCUT2D eigenvalue weighted by Gasteiger charge is -2.15. The van der Waals surface area contributed by atoms with E-state index in [9.17, 15) is 4.79 Å². The van der Waals surface area contributed by atoms with Crippen LogP contribution in [0.2, 0.25) is 0 Å². The first-order chi connectivity index (χ1) is 11.0. The van der Waals surface area contributed by atoms with Crippen LogP contribution in [-0.2, 0) is 4.74 Å². The van der Waals surface area contributed by atoms with Crippen LogP contribution >= 0.6 is 11.3 Å². The molecule has 1 amide bonds. The van der Waals surface area contributed by atoms with Gasteiger partial charge in [0.15, 0.2) is 0 Å². The van der Waals surface area contributed by atoms with Crippen LogP contribution < -0.4 is 0 Å². The van der Waals surface area contributed by atoms with E-state index >= 15 is 0 Å². The van der Waals surface area contributed by atoms with Gasteiger partial charge < -0.3 is 9.64 Å². The predicted octanol–water partition coefficient (Wildman–Crippen LogP) is 4.04. The highest BCUT2D eigenvalue weighted by Crippen LogP contribution is 2.26. The molecule has 0 saturated carbocycles. The zero-order chi connectivity index (χ0) is 16.8. The minimum Gasteiger partial charge on any atom is -0.385 e. The van der Waals surface area contributed by atoms with Gasteiger partial charge in [0.1, 0.15) is 10.7 Å². The first-order valence-corrected chi connectivity index (χ1v) is 8.71. The molecule has 1 heterocycles. The molecular weight excluding hydrogens is 308 g/mol. The summed E-state index contributed by atoms with van der Waals surface area (Å²) in [7, 11) is 3.47. The van der Waals surface area contributed by atoms with Crippen molar-refractivity contribution in [3.8, 4) is 10.6 Å². The number of amides is 1. The van der Waals surface area contributed by atoms with Crippen LogP contribution in [0.25, 0.3) is 10.6 Å². The molecule has 0 N–H and O–H groups in total. The Morgan fingerprint density at radius 1 is 1.30 bits per heavy atom. The van der Waals surface area contributed by atoms with Gasteiger partial charge in [-0.15, -0.1) is 11.3 Å². The van der Waals surface area contributed by atoms with E-state index in [2.05, 4.69) is 43.1 Å². The molecular formula is C18H24N2O2S. The number of aromatic nitrogens is 1. The van der Waals surface area contributed by atoms with Crippen molar-refractivity contribution in [3.63, 3.8) is 0 Å². The third-order valence-electron chi connectivity index (χ3n) is 3.74. The lowest BCUT2D eigenvalue weighted by atomic mass is 10.0. The SMILES string of the molecule is COCCCN(C)C(=O)c1csc(-c2ccc(C(C)C)cc2)n1. The summed E-state index contributed by atoms with van der Waals surface area (Å²) in [6.07, 6.45) is 0.826. The molecule has 5 heteroatoms. The van der Waals surface area contributed by atoms with Crippen LogP contribution in [0, 0.1) is 0 Å². The molecule has 0 aliphatic rings. The van der Waals surface area contributed by atoms with Crippen LogP contribution in [0.5, 0.6) is 0 Å². The lowest BCUT2D eigenvalue weighted by molar-refractivity contribution is 0.0774. The van der Waals surface area contributed by atoms with E-state index in [0.717, 1.165) is 17.0 Å².